The molecule has 2 heterocycles. The summed E-state index contributed by atoms with van der Waals surface area (Å²) >= 11 is 3.31. The van der Waals surface area contributed by atoms with E-state index in [0.29, 0.717) is 16.7 Å². The fraction of sp³-hybridized carbons (Fsp3) is 0.167. The second-order valence-corrected chi connectivity index (χ2v) is 4.48. The maximum atomic E-state index is 12.1. The second kappa shape index (κ2) is 5.14. The fourth-order valence-corrected chi connectivity index (χ4v) is 1.88. The molecule has 0 aliphatic carbocycles. The average molecular weight is 295 g/mol. The number of halogens is 1. The van der Waals surface area contributed by atoms with Crippen molar-refractivity contribution in [3.8, 4) is 0 Å². The molecular formula is C12H11BrN2O2. The quantitative estimate of drug-likeness (QED) is 0.874. The van der Waals surface area contributed by atoms with Gasteiger partial charge in [-0.3, -0.25) is 4.79 Å². The molecule has 88 valence electrons. The molecule has 17 heavy (non-hydrogen) atoms. The maximum absolute atomic E-state index is 12.1. The van der Waals surface area contributed by atoms with Crippen molar-refractivity contribution in [3.63, 3.8) is 0 Å². The first kappa shape index (κ1) is 11.9. The third-order valence-corrected chi connectivity index (χ3v) is 2.95. The van der Waals surface area contributed by atoms with Gasteiger partial charge in [0.1, 0.15) is 5.69 Å². The van der Waals surface area contributed by atoms with Gasteiger partial charge in [0.2, 0.25) is 0 Å². The van der Waals surface area contributed by atoms with Crippen molar-refractivity contribution in [3.05, 3.63) is 52.7 Å². The van der Waals surface area contributed by atoms with E-state index in [0.717, 1.165) is 5.56 Å². The van der Waals surface area contributed by atoms with Crippen molar-refractivity contribution in [1.82, 2.24) is 9.88 Å². The van der Waals surface area contributed by atoms with Crippen LogP contribution < -0.4 is 0 Å². The van der Waals surface area contributed by atoms with Gasteiger partial charge in [0.25, 0.3) is 5.91 Å². The number of pyridine rings is 1. The minimum atomic E-state index is -0.126. The van der Waals surface area contributed by atoms with Crippen LogP contribution in [0.25, 0.3) is 0 Å². The van der Waals surface area contributed by atoms with E-state index in [9.17, 15) is 4.79 Å². The van der Waals surface area contributed by atoms with E-state index in [1.54, 1.807) is 42.8 Å². The molecule has 0 aliphatic rings. The molecule has 0 fully saturated rings. The maximum Gasteiger partial charge on any atom is 0.273 e. The molecule has 4 nitrogen and oxygen atoms in total. The molecule has 0 aromatic carbocycles. The van der Waals surface area contributed by atoms with Crippen LogP contribution in [-0.4, -0.2) is 22.8 Å². The zero-order chi connectivity index (χ0) is 12.3. The smallest absolute Gasteiger partial charge is 0.273 e. The summed E-state index contributed by atoms with van der Waals surface area (Å²) < 4.78 is 5.66. The molecule has 0 saturated heterocycles. The van der Waals surface area contributed by atoms with Crippen LogP contribution in [0.3, 0.4) is 0 Å². The monoisotopic (exact) mass is 294 g/mol. The molecule has 2 aromatic heterocycles. The molecule has 0 saturated carbocycles. The van der Waals surface area contributed by atoms with Crippen molar-refractivity contribution in [2.45, 2.75) is 6.54 Å². The Morgan fingerprint density at radius 1 is 1.53 bits per heavy atom. The Balaban J connectivity index is 2.13. The zero-order valence-corrected chi connectivity index (χ0v) is 10.8. The van der Waals surface area contributed by atoms with Crippen molar-refractivity contribution in [2.24, 2.45) is 0 Å². The topological polar surface area (TPSA) is 46.3 Å². The summed E-state index contributed by atoms with van der Waals surface area (Å²) in [6, 6.07) is 5.40. The minimum Gasteiger partial charge on any atom is -0.472 e. The van der Waals surface area contributed by atoms with Gasteiger partial charge in [-0.1, -0.05) is 0 Å². The molecular weight excluding hydrogens is 284 g/mol. The first-order chi connectivity index (χ1) is 8.18. The van der Waals surface area contributed by atoms with Crippen molar-refractivity contribution in [2.75, 3.05) is 7.05 Å². The van der Waals surface area contributed by atoms with E-state index in [-0.39, 0.29) is 5.91 Å². The highest BCUT2D eigenvalue weighted by Gasteiger charge is 2.16. The summed E-state index contributed by atoms with van der Waals surface area (Å²) in [5, 5.41) is 0. The van der Waals surface area contributed by atoms with Crippen molar-refractivity contribution >= 4 is 21.8 Å². The van der Waals surface area contributed by atoms with Gasteiger partial charge in [-0.2, -0.15) is 0 Å². The van der Waals surface area contributed by atoms with Crippen LogP contribution in [0.4, 0.5) is 0 Å². The molecule has 0 N–H and O–H groups in total. The number of carbonyl (C=O) groups is 1. The lowest BCUT2D eigenvalue weighted by atomic mass is 10.3. The number of hydrogen-bond acceptors (Lipinski definition) is 3. The molecule has 0 atom stereocenters. The SMILES string of the molecule is CN(Cc1ccoc1)C(=O)c1ncccc1Br. The number of furan rings is 1. The highest BCUT2D eigenvalue weighted by atomic mass is 79.9. The van der Waals surface area contributed by atoms with Gasteiger partial charge >= 0.3 is 0 Å². The van der Waals surface area contributed by atoms with Crippen LogP contribution >= 0.6 is 15.9 Å². The van der Waals surface area contributed by atoms with Crippen LogP contribution in [-0.2, 0) is 6.54 Å². The minimum absolute atomic E-state index is 0.126. The summed E-state index contributed by atoms with van der Waals surface area (Å²) in [7, 11) is 1.73. The highest BCUT2D eigenvalue weighted by molar-refractivity contribution is 9.10. The number of nitrogens with zero attached hydrogens (tertiary/aromatic N) is 2. The molecule has 0 spiro atoms. The summed E-state index contributed by atoms with van der Waals surface area (Å²) in [4.78, 5) is 17.8. The van der Waals surface area contributed by atoms with Crippen molar-refractivity contribution in [1.29, 1.82) is 0 Å². The molecule has 0 radical (unpaired) electrons. The lowest BCUT2D eigenvalue weighted by molar-refractivity contribution is 0.0778. The average Bonchev–Trinajstić information content (AvgIpc) is 2.81. The van der Waals surface area contributed by atoms with Crippen LogP contribution in [0.1, 0.15) is 16.1 Å². The Kier molecular flexibility index (Phi) is 3.58. The number of carbonyl (C=O) groups excluding carboxylic acids is 1. The lowest BCUT2D eigenvalue weighted by Gasteiger charge is -2.16. The van der Waals surface area contributed by atoms with Crippen molar-refractivity contribution < 1.29 is 9.21 Å². The number of amides is 1. The highest BCUT2D eigenvalue weighted by Crippen LogP contribution is 2.16. The normalized spacial score (nSPS) is 10.2. The van der Waals surface area contributed by atoms with Gasteiger partial charge < -0.3 is 9.32 Å². The van der Waals surface area contributed by atoms with Crippen LogP contribution in [0.2, 0.25) is 0 Å². The van der Waals surface area contributed by atoms with Gasteiger partial charge in [-0.25, -0.2) is 4.98 Å². The van der Waals surface area contributed by atoms with E-state index in [4.69, 9.17) is 4.42 Å². The Labute approximate surface area is 107 Å². The van der Waals surface area contributed by atoms with Crippen LogP contribution in [0.15, 0.2) is 45.8 Å². The van der Waals surface area contributed by atoms with Crippen LogP contribution in [0.5, 0.6) is 0 Å². The summed E-state index contributed by atoms with van der Waals surface area (Å²) in [5.41, 5.74) is 1.37. The standard InChI is InChI=1S/C12H11BrN2O2/c1-15(7-9-4-6-17-8-9)12(16)11-10(13)3-2-5-14-11/h2-6,8H,7H2,1H3. The third-order valence-electron chi connectivity index (χ3n) is 2.31. The van der Waals surface area contributed by atoms with E-state index in [1.165, 1.54) is 0 Å². The van der Waals surface area contributed by atoms with Crippen LogP contribution in [0, 0.1) is 0 Å². The zero-order valence-electron chi connectivity index (χ0n) is 9.26. The first-order valence-electron chi connectivity index (χ1n) is 5.05. The van der Waals surface area contributed by atoms with E-state index >= 15 is 0 Å². The Hall–Kier alpha value is -1.62. The molecule has 0 unspecified atom stereocenters. The van der Waals surface area contributed by atoms with E-state index in [1.807, 2.05) is 6.07 Å². The molecule has 0 bridgehead atoms. The predicted molar refractivity (Wildman–Crippen MR) is 66.4 cm³/mol. The van der Waals surface area contributed by atoms with E-state index in [2.05, 4.69) is 20.9 Å². The summed E-state index contributed by atoms with van der Waals surface area (Å²) in [6.45, 7) is 0.498. The lowest BCUT2D eigenvalue weighted by Crippen LogP contribution is -2.27. The molecule has 1 amide bonds. The fourth-order valence-electron chi connectivity index (χ4n) is 1.45. The summed E-state index contributed by atoms with van der Waals surface area (Å²) in [5.74, 6) is -0.126. The molecule has 0 aliphatic heterocycles. The molecule has 2 aromatic rings. The Bertz CT molecular complexity index is 511. The number of hydrogen-bond donors (Lipinski definition) is 0. The number of aromatic nitrogens is 1. The van der Waals surface area contributed by atoms with Gasteiger partial charge in [0.15, 0.2) is 0 Å². The first-order valence-corrected chi connectivity index (χ1v) is 5.85. The predicted octanol–water partition coefficient (Wildman–Crippen LogP) is 2.71. The largest absolute Gasteiger partial charge is 0.472 e. The Morgan fingerprint density at radius 3 is 3.00 bits per heavy atom. The third kappa shape index (κ3) is 2.74. The van der Waals surface area contributed by atoms with Gasteiger partial charge in [0.05, 0.1) is 12.5 Å². The Morgan fingerprint density at radius 2 is 2.35 bits per heavy atom. The van der Waals surface area contributed by atoms with Gasteiger partial charge in [-0.05, 0) is 34.1 Å². The molecule has 2 rings (SSSR count). The van der Waals surface area contributed by atoms with Gasteiger partial charge in [0, 0.05) is 29.8 Å². The number of rotatable bonds is 3. The second-order valence-electron chi connectivity index (χ2n) is 3.63. The molecule has 5 heteroatoms. The summed E-state index contributed by atoms with van der Waals surface area (Å²) in [6.07, 6.45) is 4.81. The van der Waals surface area contributed by atoms with Gasteiger partial charge in [-0.15, -0.1) is 0 Å². The van der Waals surface area contributed by atoms with E-state index < -0.39 is 0 Å².